The van der Waals surface area contributed by atoms with E-state index in [4.69, 9.17) is 16.3 Å². The number of carbonyl (C=O) groups is 1. The summed E-state index contributed by atoms with van der Waals surface area (Å²) < 4.78 is 5.40. The van der Waals surface area contributed by atoms with Crippen LogP contribution in [0.25, 0.3) is 11.3 Å². The van der Waals surface area contributed by atoms with Gasteiger partial charge in [0.05, 0.1) is 24.1 Å². The topological polar surface area (TPSA) is 79.0 Å². The lowest BCUT2D eigenvalue weighted by atomic mass is 9.79. The number of amides is 1. The first-order valence-corrected chi connectivity index (χ1v) is 8.78. The Hall–Kier alpha value is -1.89. The third kappa shape index (κ3) is 4.21. The average molecular weight is 363 g/mol. The lowest BCUT2D eigenvalue weighted by Gasteiger charge is -2.37. The van der Waals surface area contributed by atoms with E-state index in [1.54, 1.807) is 25.4 Å². The minimum atomic E-state index is -0.132. The van der Waals surface area contributed by atoms with Crippen LogP contribution >= 0.6 is 11.6 Å². The summed E-state index contributed by atoms with van der Waals surface area (Å²) >= 11 is 5.93. The number of hydrogen-bond acceptors (Lipinski definition) is 4. The second-order valence-electron chi connectivity index (χ2n) is 6.53. The van der Waals surface area contributed by atoms with Gasteiger partial charge in [-0.3, -0.25) is 9.89 Å². The molecule has 3 rings (SSSR count). The van der Waals surface area contributed by atoms with Crippen molar-refractivity contribution in [1.29, 1.82) is 0 Å². The van der Waals surface area contributed by atoms with Crippen molar-refractivity contribution in [1.82, 2.24) is 20.8 Å². The van der Waals surface area contributed by atoms with Gasteiger partial charge in [0.2, 0.25) is 0 Å². The Bertz CT molecular complexity index is 703. The van der Waals surface area contributed by atoms with E-state index in [-0.39, 0.29) is 11.3 Å². The predicted octanol–water partition coefficient (Wildman–Crippen LogP) is 2.48. The molecule has 0 atom stereocenters. The first kappa shape index (κ1) is 17.9. The van der Waals surface area contributed by atoms with Crippen molar-refractivity contribution in [2.24, 2.45) is 5.41 Å². The Morgan fingerprint density at radius 2 is 2.04 bits per heavy atom. The SMILES string of the molecule is COCC1(CNC(=O)c2cn[nH]c2-c2ccc(Cl)cc2)CCNCC1. The molecule has 0 spiro atoms. The van der Waals surface area contributed by atoms with Crippen LogP contribution in [0.1, 0.15) is 23.2 Å². The number of aromatic amines is 1. The highest BCUT2D eigenvalue weighted by molar-refractivity contribution is 6.30. The number of hydrogen-bond donors (Lipinski definition) is 3. The molecule has 25 heavy (non-hydrogen) atoms. The number of benzene rings is 1. The highest BCUT2D eigenvalue weighted by Crippen LogP contribution is 2.29. The van der Waals surface area contributed by atoms with Crippen LogP contribution in [0.4, 0.5) is 0 Å². The van der Waals surface area contributed by atoms with Gasteiger partial charge in [-0.2, -0.15) is 5.10 Å². The van der Waals surface area contributed by atoms with E-state index in [1.807, 2.05) is 12.1 Å². The monoisotopic (exact) mass is 362 g/mol. The van der Waals surface area contributed by atoms with Crippen molar-refractivity contribution in [3.63, 3.8) is 0 Å². The molecule has 1 fully saturated rings. The molecule has 0 aliphatic carbocycles. The number of aromatic nitrogens is 2. The van der Waals surface area contributed by atoms with Gasteiger partial charge in [-0.1, -0.05) is 23.7 Å². The quantitative estimate of drug-likeness (QED) is 0.737. The van der Waals surface area contributed by atoms with Crippen LogP contribution in [-0.2, 0) is 4.74 Å². The summed E-state index contributed by atoms with van der Waals surface area (Å²) in [5, 5.41) is 14.0. The van der Waals surface area contributed by atoms with Crippen LogP contribution in [0, 0.1) is 5.41 Å². The zero-order valence-electron chi connectivity index (χ0n) is 14.3. The van der Waals surface area contributed by atoms with Gasteiger partial charge in [0.15, 0.2) is 0 Å². The van der Waals surface area contributed by atoms with Gasteiger partial charge in [-0.15, -0.1) is 0 Å². The number of ether oxygens (including phenoxy) is 1. The lowest BCUT2D eigenvalue weighted by molar-refractivity contribution is 0.0512. The summed E-state index contributed by atoms with van der Waals surface area (Å²) in [6, 6.07) is 7.32. The van der Waals surface area contributed by atoms with Crippen LogP contribution in [-0.4, -0.2) is 49.5 Å². The summed E-state index contributed by atoms with van der Waals surface area (Å²) in [7, 11) is 1.71. The van der Waals surface area contributed by atoms with Crippen LogP contribution in [0.15, 0.2) is 30.5 Å². The second-order valence-corrected chi connectivity index (χ2v) is 6.97. The maximum atomic E-state index is 12.7. The largest absolute Gasteiger partial charge is 0.384 e. The zero-order chi connectivity index (χ0) is 17.7. The van der Waals surface area contributed by atoms with Crippen LogP contribution in [0.3, 0.4) is 0 Å². The molecule has 1 aromatic carbocycles. The van der Waals surface area contributed by atoms with Gasteiger partial charge in [-0.05, 0) is 38.1 Å². The second kappa shape index (κ2) is 7.99. The third-order valence-corrected chi connectivity index (χ3v) is 5.01. The number of halogens is 1. The van der Waals surface area contributed by atoms with Crippen molar-refractivity contribution in [3.05, 3.63) is 41.0 Å². The Kier molecular flexibility index (Phi) is 5.73. The number of rotatable bonds is 6. The Morgan fingerprint density at radius 3 is 2.72 bits per heavy atom. The fraction of sp³-hybridized carbons (Fsp3) is 0.444. The molecule has 2 aromatic rings. The molecule has 3 N–H and O–H groups in total. The van der Waals surface area contributed by atoms with E-state index in [0.29, 0.717) is 29.4 Å². The summed E-state index contributed by atoms with van der Waals surface area (Å²) in [4.78, 5) is 12.7. The van der Waals surface area contributed by atoms with Gasteiger partial charge in [0.25, 0.3) is 5.91 Å². The zero-order valence-corrected chi connectivity index (χ0v) is 15.0. The molecule has 6 nitrogen and oxygen atoms in total. The normalized spacial score (nSPS) is 16.6. The van der Waals surface area contributed by atoms with Crippen molar-refractivity contribution < 1.29 is 9.53 Å². The van der Waals surface area contributed by atoms with Crippen molar-refractivity contribution in [3.8, 4) is 11.3 Å². The third-order valence-electron chi connectivity index (χ3n) is 4.76. The molecule has 0 bridgehead atoms. The minimum absolute atomic E-state index is 0.0141. The number of nitrogens with one attached hydrogen (secondary N) is 3. The maximum Gasteiger partial charge on any atom is 0.255 e. The van der Waals surface area contributed by atoms with E-state index >= 15 is 0 Å². The van der Waals surface area contributed by atoms with Gasteiger partial charge in [0.1, 0.15) is 0 Å². The molecule has 1 amide bonds. The van der Waals surface area contributed by atoms with Gasteiger partial charge in [-0.25, -0.2) is 0 Å². The minimum Gasteiger partial charge on any atom is -0.384 e. The van der Waals surface area contributed by atoms with E-state index in [9.17, 15) is 4.79 Å². The van der Waals surface area contributed by atoms with E-state index in [2.05, 4.69) is 20.8 Å². The number of H-pyrrole nitrogens is 1. The molecule has 0 radical (unpaired) electrons. The molecule has 7 heteroatoms. The van der Waals surface area contributed by atoms with Crippen molar-refractivity contribution in [2.45, 2.75) is 12.8 Å². The fourth-order valence-electron chi connectivity index (χ4n) is 3.29. The van der Waals surface area contributed by atoms with E-state index < -0.39 is 0 Å². The Balaban J connectivity index is 1.71. The molecule has 0 saturated carbocycles. The number of nitrogens with zero attached hydrogens (tertiary/aromatic N) is 1. The summed E-state index contributed by atoms with van der Waals surface area (Å²) in [5.41, 5.74) is 2.09. The molecule has 1 aromatic heterocycles. The molecule has 1 aliphatic heterocycles. The first-order valence-electron chi connectivity index (χ1n) is 8.41. The Morgan fingerprint density at radius 1 is 1.32 bits per heavy atom. The molecule has 134 valence electrons. The summed E-state index contributed by atoms with van der Waals surface area (Å²) in [6.07, 6.45) is 3.53. The number of methoxy groups -OCH3 is 1. The van der Waals surface area contributed by atoms with Crippen LogP contribution in [0.2, 0.25) is 5.02 Å². The molecule has 1 saturated heterocycles. The first-order chi connectivity index (χ1) is 12.1. The van der Waals surface area contributed by atoms with E-state index in [1.165, 1.54) is 0 Å². The van der Waals surface area contributed by atoms with Crippen molar-refractivity contribution >= 4 is 17.5 Å². The number of carbonyl (C=O) groups excluding carboxylic acids is 1. The number of piperidine rings is 1. The maximum absolute atomic E-state index is 12.7. The predicted molar refractivity (Wildman–Crippen MR) is 97.8 cm³/mol. The smallest absolute Gasteiger partial charge is 0.255 e. The summed E-state index contributed by atoms with van der Waals surface area (Å²) in [6.45, 7) is 3.12. The molecule has 2 heterocycles. The van der Waals surface area contributed by atoms with Crippen LogP contribution in [0.5, 0.6) is 0 Å². The fourth-order valence-corrected chi connectivity index (χ4v) is 3.42. The standard InChI is InChI=1S/C18H23ClN4O2/c1-25-12-18(6-8-20-9-7-18)11-21-17(24)15-10-22-23-16(15)13-2-4-14(19)5-3-13/h2-5,10,20H,6-9,11-12H2,1H3,(H,21,24)(H,22,23). The van der Waals surface area contributed by atoms with Gasteiger partial charge in [0, 0.05) is 29.7 Å². The highest BCUT2D eigenvalue weighted by atomic mass is 35.5. The lowest BCUT2D eigenvalue weighted by Crippen LogP contribution is -2.47. The molecule has 0 unspecified atom stereocenters. The molecule has 1 aliphatic rings. The molecular weight excluding hydrogens is 340 g/mol. The Labute approximate surface area is 152 Å². The van der Waals surface area contributed by atoms with Gasteiger partial charge < -0.3 is 15.4 Å². The van der Waals surface area contributed by atoms with Gasteiger partial charge >= 0.3 is 0 Å². The highest BCUT2D eigenvalue weighted by Gasteiger charge is 2.32. The van der Waals surface area contributed by atoms with Crippen molar-refractivity contribution in [2.75, 3.05) is 33.4 Å². The van der Waals surface area contributed by atoms with Crippen LogP contribution < -0.4 is 10.6 Å². The molecular formula is C18H23ClN4O2. The summed E-state index contributed by atoms with van der Waals surface area (Å²) in [5.74, 6) is -0.132. The van der Waals surface area contributed by atoms with E-state index in [0.717, 1.165) is 31.5 Å². The average Bonchev–Trinajstić information content (AvgIpc) is 3.11.